The van der Waals surface area contributed by atoms with Crippen LogP contribution in [0.5, 0.6) is 0 Å². The highest BCUT2D eigenvalue weighted by Gasteiger charge is 2.27. The first-order valence-electron chi connectivity index (χ1n) is 8.49. The highest BCUT2D eigenvalue weighted by Crippen LogP contribution is 2.22. The second-order valence-electron chi connectivity index (χ2n) is 5.88. The van der Waals surface area contributed by atoms with Crippen molar-refractivity contribution in [2.24, 2.45) is 0 Å². The third-order valence-corrected chi connectivity index (χ3v) is 4.21. The third-order valence-electron chi connectivity index (χ3n) is 4.21. The first-order valence-corrected chi connectivity index (χ1v) is 8.49. The first-order chi connectivity index (χ1) is 10.8. The van der Waals surface area contributed by atoms with Crippen molar-refractivity contribution in [3.8, 4) is 0 Å². The molecule has 0 saturated carbocycles. The maximum atomic E-state index is 12.4. The van der Waals surface area contributed by atoms with Crippen LogP contribution in [-0.2, 0) is 11.3 Å². The van der Waals surface area contributed by atoms with E-state index in [9.17, 15) is 4.79 Å². The number of nitrogens with zero attached hydrogens (tertiary/aromatic N) is 1. The van der Waals surface area contributed by atoms with Crippen LogP contribution < -0.4 is 5.32 Å². The molecule has 1 amide bonds. The lowest BCUT2D eigenvalue weighted by atomic mass is 9.98. The zero-order chi connectivity index (χ0) is 15.6. The van der Waals surface area contributed by atoms with Crippen LogP contribution in [0.25, 0.3) is 0 Å². The standard InChI is InChI=1S/C18H28N2O2/c1-2-19-13-8-12-17-11-6-7-14-20(17)18(21)22-15-16-9-4-3-5-10-16/h3-5,9-10,17,19H,2,6-8,11-15H2,1H3. The molecule has 0 radical (unpaired) electrons. The predicted octanol–water partition coefficient (Wildman–Crippen LogP) is 3.57. The van der Waals surface area contributed by atoms with Gasteiger partial charge in [0.1, 0.15) is 6.61 Å². The molecule has 2 rings (SSSR count). The molecule has 0 spiro atoms. The molecule has 0 aliphatic carbocycles. The quantitative estimate of drug-likeness (QED) is 0.783. The van der Waals surface area contributed by atoms with Crippen LogP contribution in [0.4, 0.5) is 4.79 Å². The first kappa shape index (κ1) is 16.8. The normalized spacial score (nSPS) is 18.2. The smallest absolute Gasteiger partial charge is 0.410 e. The summed E-state index contributed by atoms with van der Waals surface area (Å²) in [5, 5.41) is 3.34. The SMILES string of the molecule is CCNCCCC1CCCCN1C(=O)OCc1ccccc1. The Kier molecular flexibility index (Phi) is 7.23. The number of ether oxygens (including phenoxy) is 1. The molecule has 0 bridgehead atoms. The van der Waals surface area contributed by atoms with Crippen LogP contribution in [0.3, 0.4) is 0 Å². The van der Waals surface area contributed by atoms with Crippen molar-refractivity contribution in [2.45, 2.75) is 51.7 Å². The molecule has 1 aromatic carbocycles. The number of carbonyl (C=O) groups is 1. The van der Waals surface area contributed by atoms with Gasteiger partial charge in [-0.15, -0.1) is 0 Å². The minimum absolute atomic E-state index is 0.156. The largest absolute Gasteiger partial charge is 0.445 e. The van der Waals surface area contributed by atoms with Gasteiger partial charge in [0.2, 0.25) is 0 Å². The maximum absolute atomic E-state index is 12.4. The monoisotopic (exact) mass is 304 g/mol. The zero-order valence-corrected chi connectivity index (χ0v) is 13.6. The molecule has 1 unspecified atom stereocenters. The van der Waals surface area contributed by atoms with E-state index in [0.29, 0.717) is 12.6 Å². The van der Waals surface area contributed by atoms with Gasteiger partial charge in [-0.3, -0.25) is 0 Å². The summed E-state index contributed by atoms with van der Waals surface area (Å²) >= 11 is 0. The van der Waals surface area contributed by atoms with E-state index in [4.69, 9.17) is 4.74 Å². The fourth-order valence-corrected chi connectivity index (χ4v) is 2.98. The summed E-state index contributed by atoms with van der Waals surface area (Å²) in [6.07, 6.45) is 5.43. The van der Waals surface area contributed by atoms with Gasteiger partial charge in [0, 0.05) is 12.6 Å². The molecule has 4 nitrogen and oxygen atoms in total. The number of hydrogen-bond acceptors (Lipinski definition) is 3. The van der Waals surface area contributed by atoms with Crippen molar-refractivity contribution in [2.75, 3.05) is 19.6 Å². The van der Waals surface area contributed by atoms with E-state index in [2.05, 4.69) is 12.2 Å². The van der Waals surface area contributed by atoms with E-state index in [1.165, 1.54) is 6.42 Å². The van der Waals surface area contributed by atoms with E-state index in [1.807, 2.05) is 35.2 Å². The van der Waals surface area contributed by atoms with Gasteiger partial charge in [-0.1, -0.05) is 37.3 Å². The Balaban J connectivity index is 1.80. The molecule has 1 atom stereocenters. The van der Waals surface area contributed by atoms with Gasteiger partial charge < -0.3 is 15.0 Å². The van der Waals surface area contributed by atoms with Gasteiger partial charge in [0.05, 0.1) is 0 Å². The van der Waals surface area contributed by atoms with E-state index in [1.54, 1.807) is 0 Å². The van der Waals surface area contributed by atoms with Gasteiger partial charge in [-0.05, 0) is 50.8 Å². The highest BCUT2D eigenvalue weighted by molar-refractivity contribution is 5.68. The van der Waals surface area contributed by atoms with E-state index >= 15 is 0 Å². The molecular formula is C18H28N2O2. The summed E-state index contributed by atoms with van der Waals surface area (Å²) in [5.74, 6) is 0. The molecule has 1 aliphatic rings. The Labute approximate surface area is 133 Å². The Morgan fingerprint density at radius 1 is 1.32 bits per heavy atom. The topological polar surface area (TPSA) is 41.6 Å². The van der Waals surface area contributed by atoms with Crippen molar-refractivity contribution in [3.05, 3.63) is 35.9 Å². The van der Waals surface area contributed by atoms with Crippen molar-refractivity contribution in [1.82, 2.24) is 10.2 Å². The molecule has 1 aromatic rings. The minimum Gasteiger partial charge on any atom is -0.445 e. The fraction of sp³-hybridized carbons (Fsp3) is 0.611. The number of likely N-dealkylation sites (tertiary alicyclic amines) is 1. The second kappa shape index (κ2) is 9.46. The molecule has 1 fully saturated rings. The average molecular weight is 304 g/mol. The summed E-state index contributed by atoms with van der Waals surface area (Å²) in [7, 11) is 0. The molecule has 22 heavy (non-hydrogen) atoms. The average Bonchev–Trinajstić information content (AvgIpc) is 2.58. The summed E-state index contributed by atoms with van der Waals surface area (Å²) in [6.45, 7) is 5.35. The lowest BCUT2D eigenvalue weighted by molar-refractivity contribution is 0.0655. The number of benzene rings is 1. The van der Waals surface area contributed by atoms with Crippen LogP contribution >= 0.6 is 0 Å². The number of piperidine rings is 1. The lowest BCUT2D eigenvalue weighted by Gasteiger charge is -2.35. The molecule has 1 heterocycles. The van der Waals surface area contributed by atoms with Gasteiger partial charge in [-0.25, -0.2) is 4.79 Å². The van der Waals surface area contributed by atoms with Gasteiger partial charge in [0.25, 0.3) is 0 Å². The fourth-order valence-electron chi connectivity index (χ4n) is 2.98. The number of hydrogen-bond donors (Lipinski definition) is 1. The number of rotatable bonds is 7. The summed E-state index contributed by atoms with van der Waals surface area (Å²) in [4.78, 5) is 14.3. The number of amides is 1. The second-order valence-corrected chi connectivity index (χ2v) is 5.88. The zero-order valence-electron chi connectivity index (χ0n) is 13.6. The molecule has 1 saturated heterocycles. The molecule has 0 aromatic heterocycles. The van der Waals surface area contributed by atoms with E-state index in [-0.39, 0.29) is 6.09 Å². The molecule has 1 aliphatic heterocycles. The van der Waals surface area contributed by atoms with Crippen molar-refractivity contribution in [1.29, 1.82) is 0 Å². The van der Waals surface area contributed by atoms with Crippen molar-refractivity contribution >= 4 is 6.09 Å². The predicted molar refractivity (Wildman–Crippen MR) is 88.7 cm³/mol. The van der Waals surface area contributed by atoms with Crippen molar-refractivity contribution < 1.29 is 9.53 Å². The highest BCUT2D eigenvalue weighted by atomic mass is 16.6. The molecule has 122 valence electrons. The Hall–Kier alpha value is -1.55. The molecular weight excluding hydrogens is 276 g/mol. The minimum atomic E-state index is -0.156. The van der Waals surface area contributed by atoms with Crippen LogP contribution in [0.15, 0.2) is 30.3 Å². The maximum Gasteiger partial charge on any atom is 0.410 e. The van der Waals surface area contributed by atoms with E-state index in [0.717, 1.165) is 50.9 Å². The summed E-state index contributed by atoms with van der Waals surface area (Å²) in [6, 6.07) is 10.2. The molecule has 1 N–H and O–H groups in total. The Morgan fingerprint density at radius 2 is 2.14 bits per heavy atom. The lowest BCUT2D eigenvalue weighted by Crippen LogP contribution is -2.44. The van der Waals surface area contributed by atoms with Gasteiger partial charge in [0.15, 0.2) is 0 Å². The Morgan fingerprint density at radius 3 is 2.91 bits per heavy atom. The van der Waals surface area contributed by atoms with Crippen LogP contribution in [-0.4, -0.2) is 36.7 Å². The van der Waals surface area contributed by atoms with Crippen LogP contribution in [0, 0.1) is 0 Å². The summed E-state index contributed by atoms with van der Waals surface area (Å²) < 4.78 is 5.50. The van der Waals surface area contributed by atoms with Gasteiger partial charge in [-0.2, -0.15) is 0 Å². The Bertz CT molecular complexity index is 436. The van der Waals surface area contributed by atoms with E-state index < -0.39 is 0 Å². The van der Waals surface area contributed by atoms with Crippen molar-refractivity contribution in [3.63, 3.8) is 0 Å². The summed E-state index contributed by atoms with van der Waals surface area (Å²) in [5.41, 5.74) is 1.04. The third kappa shape index (κ3) is 5.34. The van der Waals surface area contributed by atoms with Gasteiger partial charge >= 0.3 is 6.09 Å². The van der Waals surface area contributed by atoms with Crippen LogP contribution in [0.2, 0.25) is 0 Å². The number of carbonyl (C=O) groups excluding carboxylic acids is 1. The number of nitrogens with one attached hydrogen (secondary N) is 1. The molecule has 4 heteroatoms. The van der Waals surface area contributed by atoms with Crippen LogP contribution in [0.1, 0.15) is 44.6 Å².